The number of aliphatic hydroxyl groups excluding tert-OH is 4. The van der Waals surface area contributed by atoms with Gasteiger partial charge in [0.2, 0.25) is 0 Å². The van der Waals surface area contributed by atoms with Gasteiger partial charge in [-0.05, 0) is 6.07 Å². The number of ether oxygens (including phenoxy) is 2. The van der Waals surface area contributed by atoms with Crippen LogP contribution in [0.25, 0.3) is 0 Å². The quantitative estimate of drug-likeness (QED) is 0.348. The van der Waals surface area contributed by atoms with Crippen LogP contribution in [0.5, 0.6) is 0 Å². The zero-order chi connectivity index (χ0) is 19.1. The minimum absolute atomic E-state index is 0.240. The van der Waals surface area contributed by atoms with Crippen molar-refractivity contribution in [1.29, 1.82) is 0 Å². The summed E-state index contributed by atoms with van der Waals surface area (Å²) in [5.74, 6) is -2.10. The fraction of sp³-hybridized carbons (Fsp3) is 0.500. The molecule has 2 aliphatic heterocycles. The molecule has 0 aliphatic carbocycles. The molecule has 2 heterocycles. The molecule has 10 nitrogen and oxygen atoms in total. The zero-order valence-electron chi connectivity index (χ0n) is 13.5. The maximum atomic E-state index is 12.6. The van der Waals surface area contributed by atoms with Crippen molar-refractivity contribution in [3.05, 3.63) is 29.8 Å². The molecule has 0 spiro atoms. The van der Waals surface area contributed by atoms with Gasteiger partial charge in [0.1, 0.15) is 24.4 Å². The number of carboxylic acid groups (broad SMARTS) is 1. The van der Waals surface area contributed by atoms with E-state index < -0.39 is 61.2 Å². The molecule has 6 atom stereocenters. The van der Waals surface area contributed by atoms with E-state index >= 15 is 0 Å². The smallest absolute Gasteiger partial charge is 0.307 e. The van der Waals surface area contributed by atoms with Crippen LogP contribution in [-0.4, -0.2) is 74.7 Å². The molecule has 1 fully saturated rings. The summed E-state index contributed by atoms with van der Waals surface area (Å²) in [6, 6.07) is 6.30. The summed E-state index contributed by atoms with van der Waals surface area (Å²) >= 11 is 0. The predicted molar refractivity (Wildman–Crippen MR) is 83.9 cm³/mol. The first-order valence-corrected chi connectivity index (χ1v) is 7.91. The molecule has 1 aromatic carbocycles. The number of carbonyl (C=O) groups excluding carboxylic acids is 1. The molecule has 1 aromatic rings. The van der Waals surface area contributed by atoms with Gasteiger partial charge in [-0.3, -0.25) is 9.59 Å². The molecule has 0 bridgehead atoms. The maximum Gasteiger partial charge on any atom is 0.307 e. The van der Waals surface area contributed by atoms with Crippen molar-refractivity contribution >= 4 is 17.6 Å². The zero-order valence-corrected chi connectivity index (χ0v) is 13.5. The number of aliphatic hydroxyl groups is 4. The molecule has 0 saturated carbocycles. The van der Waals surface area contributed by atoms with Crippen molar-refractivity contribution in [2.24, 2.45) is 0 Å². The predicted octanol–water partition coefficient (Wildman–Crippen LogP) is -1.87. The number of carbonyl (C=O) groups is 2. The third-order valence-corrected chi connectivity index (χ3v) is 4.54. The molecular weight excluding hydrogens is 350 g/mol. The molecule has 3 rings (SSSR count). The van der Waals surface area contributed by atoms with Crippen molar-refractivity contribution in [3.63, 3.8) is 0 Å². The van der Waals surface area contributed by atoms with E-state index in [-0.39, 0.29) is 5.56 Å². The Morgan fingerprint density at radius 3 is 2.54 bits per heavy atom. The molecule has 6 N–H and O–H groups in total. The summed E-state index contributed by atoms with van der Waals surface area (Å²) < 4.78 is 10.9. The van der Waals surface area contributed by atoms with Gasteiger partial charge >= 0.3 is 5.97 Å². The Morgan fingerprint density at radius 1 is 1.19 bits per heavy atom. The average Bonchev–Trinajstić information content (AvgIpc) is 2.87. The van der Waals surface area contributed by atoms with Crippen molar-refractivity contribution in [3.8, 4) is 0 Å². The minimum Gasteiger partial charge on any atom is -0.481 e. The molecule has 26 heavy (non-hydrogen) atoms. The van der Waals surface area contributed by atoms with Gasteiger partial charge in [0.25, 0.3) is 5.91 Å². The Morgan fingerprint density at radius 2 is 1.88 bits per heavy atom. The second kappa shape index (κ2) is 6.91. The van der Waals surface area contributed by atoms with Crippen LogP contribution >= 0.6 is 0 Å². The van der Waals surface area contributed by atoms with Gasteiger partial charge in [-0.2, -0.15) is 0 Å². The SMILES string of the molecule is O=C(O)CC1(O[C@@H]2OC(CO)C(O)C(O)C2O)C(=O)Nc2ccccc21. The number of benzene rings is 1. The number of carboxylic acids is 1. The monoisotopic (exact) mass is 369 g/mol. The van der Waals surface area contributed by atoms with E-state index in [1.165, 1.54) is 6.07 Å². The van der Waals surface area contributed by atoms with Crippen LogP contribution in [0.15, 0.2) is 24.3 Å². The van der Waals surface area contributed by atoms with Crippen molar-refractivity contribution in [2.75, 3.05) is 11.9 Å². The number of rotatable bonds is 5. The van der Waals surface area contributed by atoms with Crippen LogP contribution in [0, 0.1) is 0 Å². The van der Waals surface area contributed by atoms with Gasteiger partial charge in [-0.15, -0.1) is 0 Å². The van der Waals surface area contributed by atoms with E-state index in [0.717, 1.165) is 0 Å². The second-order valence-corrected chi connectivity index (χ2v) is 6.21. The maximum absolute atomic E-state index is 12.6. The van der Waals surface area contributed by atoms with Crippen LogP contribution in [-0.2, 0) is 24.7 Å². The number of fused-ring (bicyclic) bond motifs is 1. The van der Waals surface area contributed by atoms with Gasteiger partial charge in [-0.1, -0.05) is 18.2 Å². The van der Waals surface area contributed by atoms with Crippen molar-refractivity contribution in [1.82, 2.24) is 0 Å². The summed E-state index contributed by atoms with van der Waals surface area (Å²) in [6.45, 7) is -0.681. The molecule has 0 aromatic heterocycles. The van der Waals surface area contributed by atoms with E-state index in [4.69, 9.17) is 9.47 Å². The highest BCUT2D eigenvalue weighted by Gasteiger charge is 2.54. The Balaban J connectivity index is 1.98. The third kappa shape index (κ3) is 2.96. The lowest BCUT2D eigenvalue weighted by molar-refractivity contribution is -0.323. The number of hydrogen-bond donors (Lipinski definition) is 6. The van der Waals surface area contributed by atoms with Crippen LogP contribution in [0.3, 0.4) is 0 Å². The summed E-state index contributed by atoms with van der Waals surface area (Å²) in [5, 5.41) is 50.9. The van der Waals surface area contributed by atoms with Gasteiger partial charge in [0.05, 0.1) is 13.0 Å². The van der Waals surface area contributed by atoms with Crippen molar-refractivity contribution in [2.45, 2.75) is 42.7 Å². The summed E-state index contributed by atoms with van der Waals surface area (Å²) in [7, 11) is 0. The standard InChI is InChI=1S/C16H19NO9/c18-6-9-11(21)12(22)13(23)14(25-9)26-16(5-10(19)20)7-3-1-2-4-8(7)17-15(16)24/h1-4,9,11-14,18,21-23H,5-6H2,(H,17,24)(H,19,20)/t9?,11?,12?,13?,14-,16?/m0/s1. The molecule has 1 saturated heterocycles. The molecule has 1 amide bonds. The number of anilines is 1. The summed E-state index contributed by atoms with van der Waals surface area (Å²) in [4.78, 5) is 24.0. The topological polar surface area (TPSA) is 166 Å². The lowest BCUT2D eigenvalue weighted by atomic mass is 9.90. The number of aliphatic carboxylic acids is 1. The highest BCUT2D eigenvalue weighted by atomic mass is 16.7. The van der Waals surface area contributed by atoms with E-state index in [1.807, 2.05) is 0 Å². The third-order valence-electron chi connectivity index (χ3n) is 4.54. The first-order chi connectivity index (χ1) is 12.3. The van der Waals surface area contributed by atoms with Crippen LogP contribution in [0.1, 0.15) is 12.0 Å². The van der Waals surface area contributed by atoms with Crippen LogP contribution in [0.2, 0.25) is 0 Å². The van der Waals surface area contributed by atoms with Gasteiger partial charge in [-0.25, -0.2) is 0 Å². The Labute approximate surface area is 147 Å². The van der Waals surface area contributed by atoms with Crippen molar-refractivity contribution < 1.29 is 44.6 Å². The van der Waals surface area contributed by atoms with Gasteiger partial charge in [0, 0.05) is 11.3 Å². The molecule has 5 unspecified atom stereocenters. The molecular formula is C16H19NO9. The first-order valence-electron chi connectivity index (χ1n) is 7.91. The number of nitrogens with one attached hydrogen (secondary N) is 1. The van der Waals surface area contributed by atoms with E-state index in [0.29, 0.717) is 5.69 Å². The van der Waals surface area contributed by atoms with Crippen LogP contribution in [0.4, 0.5) is 5.69 Å². The summed E-state index contributed by atoms with van der Waals surface area (Å²) in [5.41, 5.74) is -1.41. The molecule has 2 aliphatic rings. The van der Waals surface area contributed by atoms with Gasteiger partial charge < -0.3 is 40.3 Å². The highest BCUT2D eigenvalue weighted by molar-refractivity contribution is 6.06. The molecule has 10 heteroatoms. The van der Waals surface area contributed by atoms with Gasteiger partial charge in [0.15, 0.2) is 11.9 Å². The largest absolute Gasteiger partial charge is 0.481 e. The Kier molecular flexibility index (Phi) is 4.97. The number of para-hydroxylation sites is 1. The molecule has 0 radical (unpaired) electrons. The summed E-state index contributed by atoms with van der Waals surface area (Å²) in [6.07, 6.45) is -8.74. The molecule has 142 valence electrons. The van der Waals surface area contributed by atoms with E-state index in [1.54, 1.807) is 18.2 Å². The van der Waals surface area contributed by atoms with Crippen LogP contribution < -0.4 is 5.32 Å². The normalized spacial score (nSPS) is 36.5. The Hall–Kier alpha value is -2.08. The number of hydrogen-bond acceptors (Lipinski definition) is 8. The number of amides is 1. The lowest BCUT2D eigenvalue weighted by Gasteiger charge is -2.42. The average molecular weight is 369 g/mol. The van der Waals surface area contributed by atoms with E-state index in [9.17, 15) is 35.1 Å². The fourth-order valence-electron chi connectivity index (χ4n) is 3.20. The Bertz CT molecular complexity index is 709. The highest BCUT2D eigenvalue weighted by Crippen LogP contribution is 2.43. The first kappa shape index (κ1) is 18.7. The minimum atomic E-state index is -2.00. The lowest BCUT2D eigenvalue weighted by Crippen LogP contribution is -2.61. The second-order valence-electron chi connectivity index (χ2n) is 6.21. The van der Waals surface area contributed by atoms with E-state index in [2.05, 4.69) is 5.32 Å². The fourth-order valence-corrected chi connectivity index (χ4v) is 3.20.